The van der Waals surface area contributed by atoms with Crippen molar-refractivity contribution < 1.29 is 4.79 Å². The van der Waals surface area contributed by atoms with Crippen LogP contribution in [0.2, 0.25) is 5.02 Å². The quantitative estimate of drug-likeness (QED) is 0.847. The van der Waals surface area contributed by atoms with Crippen LogP contribution in [0, 0.1) is 11.8 Å². The van der Waals surface area contributed by atoms with Gasteiger partial charge in [-0.3, -0.25) is 4.79 Å². The molecule has 5 heteroatoms. The lowest BCUT2D eigenvalue weighted by molar-refractivity contribution is 0.0741. The van der Waals surface area contributed by atoms with Crippen LogP contribution in [0.3, 0.4) is 0 Å². The molecule has 0 aliphatic heterocycles. The van der Waals surface area contributed by atoms with E-state index in [1.807, 2.05) is 7.05 Å². The smallest absolute Gasteiger partial charge is 0.253 e. The number of rotatable bonds is 5. The van der Waals surface area contributed by atoms with Crippen molar-refractivity contribution in [2.75, 3.05) is 25.6 Å². The molecule has 0 saturated carbocycles. The fourth-order valence-corrected chi connectivity index (χ4v) is 2.59. The summed E-state index contributed by atoms with van der Waals surface area (Å²) in [7, 11) is 1.82. The van der Waals surface area contributed by atoms with Gasteiger partial charge in [-0.25, -0.2) is 0 Å². The first kappa shape index (κ1) is 17.9. The Morgan fingerprint density at radius 2 is 2.24 bits per heavy atom. The number of carbonyl (C=O) groups is 1. The third-order valence-electron chi connectivity index (χ3n) is 3.26. The van der Waals surface area contributed by atoms with Crippen molar-refractivity contribution in [1.82, 2.24) is 4.90 Å². The number of hydrogen-bond donors (Lipinski definition) is 1. The molecule has 1 rings (SSSR count). The first-order valence-corrected chi connectivity index (χ1v) is 8.53. The highest BCUT2D eigenvalue weighted by molar-refractivity contribution is 7.98. The fourth-order valence-electron chi connectivity index (χ4n) is 1.78. The maximum absolute atomic E-state index is 12.4. The number of carbonyl (C=O) groups excluding carboxylic acids is 1. The van der Waals surface area contributed by atoms with Crippen LogP contribution in [0.4, 0.5) is 0 Å². The van der Waals surface area contributed by atoms with Gasteiger partial charge >= 0.3 is 0 Å². The van der Waals surface area contributed by atoms with Crippen LogP contribution >= 0.6 is 23.4 Å². The second-order valence-corrected chi connectivity index (χ2v) is 6.14. The summed E-state index contributed by atoms with van der Waals surface area (Å²) in [6.45, 7) is 2.34. The number of nitrogens with two attached hydrogens (primary N) is 1. The molecule has 0 aromatic heterocycles. The van der Waals surface area contributed by atoms with Crippen LogP contribution in [-0.4, -0.2) is 42.4 Å². The Kier molecular flexibility index (Phi) is 7.66. The summed E-state index contributed by atoms with van der Waals surface area (Å²) in [5.41, 5.74) is 6.61. The van der Waals surface area contributed by atoms with Gasteiger partial charge in [-0.2, -0.15) is 11.8 Å². The van der Waals surface area contributed by atoms with Crippen LogP contribution in [0.25, 0.3) is 0 Å². The van der Waals surface area contributed by atoms with Crippen molar-refractivity contribution in [1.29, 1.82) is 0 Å². The van der Waals surface area contributed by atoms with Crippen molar-refractivity contribution in [3.05, 3.63) is 34.3 Å². The SMILES string of the molecule is CSCCC(C)N(C)C(=O)c1ccc(C#CCN)c(Cl)c1. The van der Waals surface area contributed by atoms with Crippen molar-refractivity contribution in [3.63, 3.8) is 0 Å². The molecule has 0 saturated heterocycles. The minimum absolute atomic E-state index is 0.0242. The molecule has 1 amide bonds. The van der Waals surface area contributed by atoms with E-state index in [9.17, 15) is 4.79 Å². The highest BCUT2D eigenvalue weighted by Gasteiger charge is 2.17. The lowest BCUT2D eigenvalue weighted by atomic mass is 10.1. The van der Waals surface area contributed by atoms with Crippen molar-refractivity contribution in [2.45, 2.75) is 19.4 Å². The van der Waals surface area contributed by atoms with E-state index in [0.29, 0.717) is 16.1 Å². The second-order valence-electron chi connectivity index (χ2n) is 4.75. The van der Waals surface area contributed by atoms with Gasteiger partial charge in [0, 0.05) is 24.2 Å². The zero-order valence-electron chi connectivity index (χ0n) is 12.6. The first-order chi connectivity index (χ1) is 10.0. The van der Waals surface area contributed by atoms with E-state index in [1.54, 1.807) is 34.9 Å². The van der Waals surface area contributed by atoms with Crippen LogP contribution in [-0.2, 0) is 0 Å². The zero-order chi connectivity index (χ0) is 15.8. The van der Waals surface area contributed by atoms with Gasteiger partial charge in [0.25, 0.3) is 5.91 Å². The summed E-state index contributed by atoms with van der Waals surface area (Å²) in [5, 5.41) is 0.479. The predicted octanol–water partition coefficient (Wildman–Crippen LogP) is 2.86. The molecule has 1 unspecified atom stereocenters. The summed E-state index contributed by atoms with van der Waals surface area (Å²) >= 11 is 7.94. The molecule has 0 bridgehead atoms. The topological polar surface area (TPSA) is 46.3 Å². The van der Waals surface area contributed by atoms with Crippen LogP contribution < -0.4 is 5.73 Å². The Labute approximate surface area is 136 Å². The number of amides is 1. The van der Waals surface area contributed by atoms with E-state index in [4.69, 9.17) is 17.3 Å². The van der Waals surface area contributed by atoms with Gasteiger partial charge in [0.15, 0.2) is 0 Å². The average Bonchev–Trinajstić information content (AvgIpc) is 2.49. The molecule has 21 heavy (non-hydrogen) atoms. The standard InChI is InChI=1S/C16H21ClN2OS/c1-12(8-10-21-3)19(2)16(20)14-7-6-13(5-4-9-18)15(17)11-14/h6-7,11-12H,8-10,18H2,1-3H3. The van der Waals surface area contributed by atoms with E-state index >= 15 is 0 Å². The second kappa shape index (κ2) is 8.99. The molecule has 0 radical (unpaired) electrons. The average molecular weight is 325 g/mol. The van der Waals surface area contributed by atoms with Crippen molar-refractivity contribution in [2.24, 2.45) is 5.73 Å². The van der Waals surface area contributed by atoms with E-state index < -0.39 is 0 Å². The van der Waals surface area contributed by atoms with Gasteiger partial charge in [0.1, 0.15) is 0 Å². The molecule has 1 atom stereocenters. The maximum Gasteiger partial charge on any atom is 0.253 e. The normalized spacial score (nSPS) is 11.5. The third-order valence-corrected chi connectivity index (χ3v) is 4.22. The minimum atomic E-state index is -0.0242. The maximum atomic E-state index is 12.4. The highest BCUT2D eigenvalue weighted by Crippen LogP contribution is 2.19. The summed E-state index contributed by atoms with van der Waals surface area (Å²) < 4.78 is 0. The number of nitrogens with zero attached hydrogens (tertiary/aromatic N) is 1. The molecule has 0 aliphatic carbocycles. The Bertz CT molecular complexity index is 551. The van der Waals surface area contributed by atoms with E-state index in [0.717, 1.165) is 12.2 Å². The van der Waals surface area contributed by atoms with Gasteiger partial charge in [-0.05, 0) is 43.6 Å². The van der Waals surface area contributed by atoms with E-state index in [1.165, 1.54) is 0 Å². The molecule has 0 fully saturated rings. The zero-order valence-corrected chi connectivity index (χ0v) is 14.2. The Morgan fingerprint density at radius 3 is 2.81 bits per heavy atom. The Hall–Kier alpha value is -1.15. The van der Waals surface area contributed by atoms with Crippen LogP contribution in [0.15, 0.2) is 18.2 Å². The fraction of sp³-hybridized carbons (Fsp3) is 0.438. The summed E-state index contributed by atoms with van der Waals surface area (Å²) in [4.78, 5) is 14.2. The Morgan fingerprint density at radius 1 is 1.52 bits per heavy atom. The van der Waals surface area contributed by atoms with Crippen LogP contribution in [0.1, 0.15) is 29.3 Å². The summed E-state index contributed by atoms with van der Waals surface area (Å²) in [6, 6.07) is 5.38. The molecular formula is C16H21ClN2OS. The lowest BCUT2D eigenvalue weighted by Crippen LogP contribution is -2.35. The van der Waals surface area contributed by atoms with Gasteiger partial charge in [0.2, 0.25) is 0 Å². The molecule has 1 aromatic rings. The predicted molar refractivity (Wildman–Crippen MR) is 91.9 cm³/mol. The molecule has 1 aromatic carbocycles. The lowest BCUT2D eigenvalue weighted by Gasteiger charge is -2.25. The van der Waals surface area contributed by atoms with Crippen LogP contribution in [0.5, 0.6) is 0 Å². The van der Waals surface area contributed by atoms with Crippen molar-refractivity contribution >= 4 is 29.3 Å². The molecular weight excluding hydrogens is 304 g/mol. The molecule has 2 N–H and O–H groups in total. The molecule has 114 valence electrons. The highest BCUT2D eigenvalue weighted by atomic mass is 35.5. The van der Waals surface area contributed by atoms with Gasteiger partial charge < -0.3 is 10.6 Å². The number of halogens is 1. The number of thioether (sulfide) groups is 1. The van der Waals surface area contributed by atoms with E-state index in [2.05, 4.69) is 25.0 Å². The number of benzene rings is 1. The molecule has 0 spiro atoms. The third kappa shape index (κ3) is 5.28. The molecule has 3 nitrogen and oxygen atoms in total. The summed E-state index contributed by atoms with van der Waals surface area (Å²) in [5.74, 6) is 6.65. The van der Waals surface area contributed by atoms with Gasteiger partial charge in [-0.1, -0.05) is 23.4 Å². The summed E-state index contributed by atoms with van der Waals surface area (Å²) in [6.07, 6.45) is 3.03. The number of hydrogen-bond acceptors (Lipinski definition) is 3. The van der Waals surface area contributed by atoms with Crippen molar-refractivity contribution in [3.8, 4) is 11.8 Å². The largest absolute Gasteiger partial charge is 0.339 e. The monoisotopic (exact) mass is 324 g/mol. The molecule has 0 heterocycles. The van der Waals surface area contributed by atoms with Gasteiger partial charge in [0.05, 0.1) is 11.6 Å². The molecule has 0 aliphatic rings. The van der Waals surface area contributed by atoms with Gasteiger partial charge in [-0.15, -0.1) is 0 Å². The van der Waals surface area contributed by atoms with E-state index in [-0.39, 0.29) is 18.5 Å². The minimum Gasteiger partial charge on any atom is -0.339 e. The Balaban J connectivity index is 2.85. The first-order valence-electron chi connectivity index (χ1n) is 6.75.